The van der Waals surface area contributed by atoms with Gasteiger partial charge in [-0.3, -0.25) is 9.89 Å². The first-order chi connectivity index (χ1) is 14.4. The Morgan fingerprint density at radius 2 is 1.50 bits per heavy atom. The Morgan fingerprint density at radius 1 is 0.800 bits per heavy atom. The molecule has 1 heterocycles. The number of rotatable bonds is 3. The van der Waals surface area contributed by atoms with Crippen LogP contribution in [-0.2, 0) is 0 Å². The molecule has 0 aliphatic rings. The highest BCUT2D eigenvalue weighted by Gasteiger charge is 2.00. The van der Waals surface area contributed by atoms with Crippen LogP contribution in [0.2, 0.25) is 0 Å². The Bertz CT molecular complexity index is 1210. The summed E-state index contributed by atoms with van der Waals surface area (Å²) < 4.78 is 1.52. The predicted molar refractivity (Wildman–Crippen MR) is 122 cm³/mol. The average molecular weight is 399 g/mol. The number of aryl methyl sites for hydroxylation is 3. The van der Waals surface area contributed by atoms with Crippen molar-refractivity contribution in [3.05, 3.63) is 106 Å². The van der Waals surface area contributed by atoms with Crippen LogP contribution in [0.4, 0.5) is 17.1 Å². The fourth-order valence-electron chi connectivity index (χ4n) is 2.79. The molecule has 6 nitrogen and oxygen atoms in total. The molecule has 30 heavy (non-hydrogen) atoms. The normalized spacial score (nSPS) is 10.6. The number of anilines is 1. The monoisotopic (exact) mass is 399 g/mol. The summed E-state index contributed by atoms with van der Waals surface area (Å²) >= 11 is 0. The van der Waals surface area contributed by atoms with Crippen molar-refractivity contribution in [2.24, 2.45) is 10.2 Å². The molecule has 0 spiro atoms. The summed E-state index contributed by atoms with van der Waals surface area (Å²) in [7, 11) is 0. The van der Waals surface area contributed by atoms with Gasteiger partial charge < -0.3 is 5.73 Å². The average Bonchev–Trinajstić information content (AvgIpc) is 3.09. The van der Waals surface area contributed by atoms with E-state index in [1.165, 1.54) is 4.68 Å². The van der Waals surface area contributed by atoms with Crippen molar-refractivity contribution < 1.29 is 0 Å². The fourth-order valence-corrected chi connectivity index (χ4v) is 2.79. The van der Waals surface area contributed by atoms with Crippen molar-refractivity contribution in [1.29, 1.82) is 0 Å². The molecule has 152 valence electrons. The largest absolute Gasteiger partial charge is 0.399 e. The Labute approximate surface area is 175 Å². The van der Waals surface area contributed by atoms with Gasteiger partial charge in [0.15, 0.2) is 0 Å². The summed E-state index contributed by atoms with van der Waals surface area (Å²) in [5.41, 5.74) is 12.1. The molecule has 0 atom stereocenters. The first-order valence-corrected chi connectivity index (χ1v) is 9.61. The van der Waals surface area contributed by atoms with E-state index in [-0.39, 0.29) is 5.56 Å². The van der Waals surface area contributed by atoms with Crippen LogP contribution in [0.5, 0.6) is 0 Å². The van der Waals surface area contributed by atoms with Crippen LogP contribution in [-0.4, -0.2) is 9.78 Å². The maximum absolute atomic E-state index is 11.4. The van der Waals surface area contributed by atoms with Crippen LogP contribution < -0.4 is 11.3 Å². The van der Waals surface area contributed by atoms with Crippen molar-refractivity contribution >= 4 is 17.1 Å². The lowest BCUT2D eigenvalue weighted by molar-refractivity contribution is 0.835. The van der Waals surface area contributed by atoms with E-state index in [2.05, 4.69) is 15.3 Å². The molecular formula is C24H25N5O. The molecular weight excluding hydrogens is 374 g/mol. The van der Waals surface area contributed by atoms with Gasteiger partial charge in [0.2, 0.25) is 0 Å². The van der Waals surface area contributed by atoms with Gasteiger partial charge in [0.25, 0.3) is 5.56 Å². The Hall–Kier alpha value is -3.93. The number of hydrogen-bond acceptors (Lipinski definition) is 4. The van der Waals surface area contributed by atoms with Crippen molar-refractivity contribution in [2.45, 2.75) is 20.8 Å². The van der Waals surface area contributed by atoms with E-state index < -0.39 is 0 Å². The number of nitrogens with two attached hydrogens (primary N) is 1. The lowest BCUT2D eigenvalue weighted by Crippen LogP contribution is -2.12. The predicted octanol–water partition coefficient (Wildman–Crippen LogP) is 5.78. The molecule has 6 heteroatoms. The first-order valence-electron chi connectivity index (χ1n) is 9.61. The van der Waals surface area contributed by atoms with Gasteiger partial charge in [0.05, 0.1) is 17.1 Å². The zero-order chi connectivity index (χ0) is 21.5. The molecule has 0 fully saturated rings. The van der Waals surface area contributed by atoms with E-state index >= 15 is 0 Å². The number of nitrogens with zero attached hydrogens (tertiary/aromatic N) is 3. The molecule has 0 amide bonds. The minimum atomic E-state index is -0.0244. The SMILES string of the molecule is Cc1cc(=O)n(-c2ccccc2)[nH]1.Cc1cc(N=Nc2ccccc2C)ccc1N. The van der Waals surface area contributed by atoms with Crippen molar-refractivity contribution in [1.82, 2.24) is 9.78 Å². The Morgan fingerprint density at radius 3 is 2.13 bits per heavy atom. The summed E-state index contributed by atoms with van der Waals surface area (Å²) in [5, 5.41) is 11.4. The van der Waals surface area contributed by atoms with Crippen molar-refractivity contribution in [3.8, 4) is 5.69 Å². The molecule has 3 aromatic carbocycles. The van der Waals surface area contributed by atoms with E-state index in [9.17, 15) is 4.79 Å². The second-order valence-electron chi connectivity index (χ2n) is 6.98. The van der Waals surface area contributed by atoms with E-state index in [1.807, 2.05) is 93.6 Å². The molecule has 4 aromatic rings. The molecule has 0 unspecified atom stereocenters. The number of hydrogen-bond donors (Lipinski definition) is 2. The van der Waals surface area contributed by atoms with Gasteiger partial charge in [0, 0.05) is 17.4 Å². The van der Waals surface area contributed by atoms with Gasteiger partial charge in [-0.25, -0.2) is 4.68 Å². The number of para-hydroxylation sites is 1. The van der Waals surface area contributed by atoms with Crippen LogP contribution in [0.25, 0.3) is 5.69 Å². The number of benzene rings is 3. The second-order valence-corrected chi connectivity index (χ2v) is 6.98. The van der Waals surface area contributed by atoms with Crippen molar-refractivity contribution in [3.63, 3.8) is 0 Å². The van der Waals surface area contributed by atoms with Gasteiger partial charge >= 0.3 is 0 Å². The molecule has 4 rings (SSSR count). The molecule has 0 bridgehead atoms. The molecule has 3 N–H and O–H groups in total. The van der Waals surface area contributed by atoms with E-state index in [1.54, 1.807) is 6.07 Å². The highest BCUT2D eigenvalue weighted by Crippen LogP contribution is 2.23. The molecule has 0 aliphatic heterocycles. The minimum absolute atomic E-state index is 0.0244. The number of azo groups is 1. The fraction of sp³-hybridized carbons (Fsp3) is 0.125. The first kappa shape index (κ1) is 20.8. The third-order valence-electron chi connectivity index (χ3n) is 4.50. The quantitative estimate of drug-likeness (QED) is 0.338. The Balaban J connectivity index is 0.000000177. The molecule has 0 aliphatic carbocycles. The van der Waals surface area contributed by atoms with Crippen LogP contribution in [0.1, 0.15) is 16.8 Å². The smallest absolute Gasteiger partial charge is 0.271 e. The maximum Gasteiger partial charge on any atom is 0.271 e. The lowest BCUT2D eigenvalue weighted by atomic mass is 10.2. The summed E-state index contributed by atoms with van der Waals surface area (Å²) in [4.78, 5) is 11.4. The third kappa shape index (κ3) is 5.32. The van der Waals surface area contributed by atoms with E-state index in [4.69, 9.17) is 5.73 Å². The number of nitrogen functional groups attached to an aromatic ring is 1. The lowest BCUT2D eigenvalue weighted by Gasteiger charge is -2.00. The van der Waals surface area contributed by atoms with Gasteiger partial charge in [-0.05, 0) is 68.3 Å². The summed E-state index contributed by atoms with van der Waals surface area (Å²) in [6.07, 6.45) is 0. The van der Waals surface area contributed by atoms with E-state index in [0.717, 1.165) is 39.6 Å². The zero-order valence-corrected chi connectivity index (χ0v) is 17.3. The topological polar surface area (TPSA) is 88.5 Å². The minimum Gasteiger partial charge on any atom is -0.399 e. The Kier molecular flexibility index (Phi) is 6.60. The van der Waals surface area contributed by atoms with Gasteiger partial charge in [0.1, 0.15) is 0 Å². The standard InChI is InChI=1S/C14H15N3.C10H10N2O/c1-10-5-3-4-6-14(10)17-16-12-7-8-13(15)11(2)9-12;1-8-7-10(13)12(11-8)9-5-3-2-4-6-9/h3-9H,15H2,1-2H3;2-7,11H,1H3. The number of aromatic amines is 1. The van der Waals surface area contributed by atoms with Crippen LogP contribution >= 0.6 is 0 Å². The third-order valence-corrected chi connectivity index (χ3v) is 4.50. The van der Waals surface area contributed by atoms with Crippen molar-refractivity contribution in [2.75, 3.05) is 5.73 Å². The number of H-pyrrole nitrogens is 1. The van der Waals surface area contributed by atoms with Gasteiger partial charge in [-0.15, -0.1) is 0 Å². The molecule has 0 radical (unpaired) electrons. The van der Waals surface area contributed by atoms with Gasteiger partial charge in [-0.1, -0.05) is 36.4 Å². The van der Waals surface area contributed by atoms with Crippen LogP contribution in [0.3, 0.4) is 0 Å². The van der Waals surface area contributed by atoms with Crippen LogP contribution in [0, 0.1) is 20.8 Å². The van der Waals surface area contributed by atoms with Gasteiger partial charge in [-0.2, -0.15) is 10.2 Å². The summed E-state index contributed by atoms with van der Waals surface area (Å²) in [6.45, 7) is 5.84. The molecule has 0 saturated carbocycles. The second kappa shape index (κ2) is 9.52. The van der Waals surface area contributed by atoms with Crippen LogP contribution in [0.15, 0.2) is 93.9 Å². The summed E-state index contributed by atoms with van der Waals surface area (Å²) in [6, 6.07) is 24.6. The number of nitrogens with one attached hydrogen (secondary N) is 1. The molecule has 0 saturated heterocycles. The van der Waals surface area contributed by atoms with E-state index in [0.29, 0.717) is 0 Å². The number of aromatic nitrogens is 2. The molecule has 1 aromatic heterocycles. The maximum atomic E-state index is 11.4. The summed E-state index contributed by atoms with van der Waals surface area (Å²) in [5.74, 6) is 0. The highest BCUT2D eigenvalue weighted by atomic mass is 16.1. The highest BCUT2D eigenvalue weighted by molar-refractivity contribution is 5.54. The zero-order valence-electron chi connectivity index (χ0n) is 17.3.